The Hall–Kier alpha value is -2.57. The molecule has 0 spiro atoms. The number of amides is 2. The van der Waals surface area contributed by atoms with Crippen LogP contribution in [-0.2, 0) is 20.9 Å². The molecule has 2 aromatic carbocycles. The van der Waals surface area contributed by atoms with Gasteiger partial charge in [0.25, 0.3) is 11.8 Å². The van der Waals surface area contributed by atoms with Gasteiger partial charge in [-0.25, -0.2) is 0 Å². The van der Waals surface area contributed by atoms with Crippen LogP contribution < -0.4 is 5.32 Å². The number of likely N-dealkylation sites (N-methyl/N-ethyl adjacent to an activating group) is 1. The van der Waals surface area contributed by atoms with Crippen LogP contribution in [0.25, 0.3) is 0 Å². The van der Waals surface area contributed by atoms with Crippen molar-refractivity contribution in [2.24, 2.45) is 0 Å². The Kier molecular flexibility index (Phi) is 7.84. The highest BCUT2D eigenvalue weighted by atomic mass is 35.5. The second-order valence-corrected chi connectivity index (χ2v) is 6.96. The standard InChI is InChI=1S/C20H20Cl2N2O4/c1-13(20(27)24(2)12-14-6-4-3-5-7-14)28-18(25)11-23-19(26)16-9-8-15(21)10-17(16)22/h3-10,13H,11-12H2,1-2H3,(H,23,26). The van der Waals surface area contributed by atoms with Crippen LogP contribution in [0.4, 0.5) is 0 Å². The Morgan fingerprint density at radius 3 is 2.43 bits per heavy atom. The highest BCUT2D eigenvalue weighted by Crippen LogP contribution is 2.20. The average molecular weight is 423 g/mol. The average Bonchev–Trinajstić information content (AvgIpc) is 2.66. The van der Waals surface area contributed by atoms with Crippen LogP contribution in [0.2, 0.25) is 10.0 Å². The number of nitrogens with one attached hydrogen (secondary N) is 1. The minimum atomic E-state index is -0.975. The van der Waals surface area contributed by atoms with E-state index >= 15 is 0 Å². The second kappa shape index (κ2) is 10.1. The summed E-state index contributed by atoms with van der Waals surface area (Å²) >= 11 is 11.7. The van der Waals surface area contributed by atoms with Gasteiger partial charge in [0.15, 0.2) is 6.10 Å². The Labute approximate surface area is 173 Å². The van der Waals surface area contributed by atoms with Crippen molar-refractivity contribution in [3.05, 3.63) is 69.7 Å². The highest BCUT2D eigenvalue weighted by Gasteiger charge is 2.22. The van der Waals surface area contributed by atoms with Gasteiger partial charge in [-0.15, -0.1) is 0 Å². The highest BCUT2D eigenvalue weighted by molar-refractivity contribution is 6.36. The van der Waals surface area contributed by atoms with Gasteiger partial charge >= 0.3 is 5.97 Å². The lowest BCUT2D eigenvalue weighted by Gasteiger charge is -2.21. The monoisotopic (exact) mass is 422 g/mol. The summed E-state index contributed by atoms with van der Waals surface area (Å²) in [5, 5.41) is 2.97. The summed E-state index contributed by atoms with van der Waals surface area (Å²) in [5.41, 5.74) is 1.15. The maximum absolute atomic E-state index is 12.4. The van der Waals surface area contributed by atoms with Gasteiger partial charge in [-0.05, 0) is 30.7 Å². The normalized spacial score (nSPS) is 11.4. The first-order valence-corrected chi connectivity index (χ1v) is 9.25. The fourth-order valence-corrected chi connectivity index (χ4v) is 2.95. The molecule has 2 rings (SSSR count). The van der Waals surface area contributed by atoms with Gasteiger partial charge in [-0.1, -0.05) is 53.5 Å². The van der Waals surface area contributed by atoms with Crippen molar-refractivity contribution < 1.29 is 19.1 Å². The van der Waals surface area contributed by atoms with Gasteiger partial charge < -0.3 is 15.0 Å². The molecule has 148 valence electrons. The third-order valence-corrected chi connectivity index (χ3v) is 4.41. The van der Waals surface area contributed by atoms with Crippen LogP contribution in [0.15, 0.2) is 48.5 Å². The van der Waals surface area contributed by atoms with Crippen LogP contribution in [0.5, 0.6) is 0 Å². The summed E-state index contributed by atoms with van der Waals surface area (Å²) < 4.78 is 5.11. The minimum Gasteiger partial charge on any atom is -0.451 e. The van der Waals surface area contributed by atoms with Crippen molar-refractivity contribution >= 4 is 41.0 Å². The molecule has 0 aliphatic carbocycles. The van der Waals surface area contributed by atoms with Crippen LogP contribution in [0.3, 0.4) is 0 Å². The molecule has 1 unspecified atom stereocenters. The summed E-state index contributed by atoms with van der Waals surface area (Å²) in [4.78, 5) is 37.9. The minimum absolute atomic E-state index is 0.171. The molecule has 2 aromatic rings. The van der Waals surface area contributed by atoms with E-state index in [9.17, 15) is 14.4 Å². The number of nitrogens with zero attached hydrogens (tertiary/aromatic N) is 1. The number of hydrogen-bond donors (Lipinski definition) is 1. The van der Waals surface area contributed by atoms with Crippen molar-refractivity contribution in [1.29, 1.82) is 0 Å². The van der Waals surface area contributed by atoms with Crippen LogP contribution in [0, 0.1) is 0 Å². The largest absolute Gasteiger partial charge is 0.451 e. The van der Waals surface area contributed by atoms with E-state index in [0.29, 0.717) is 11.6 Å². The number of hydrogen-bond acceptors (Lipinski definition) is 4. The molecule has 1 N–H and O–H groups in total. The Morgan fingerprint density at radius 2 is 1.79 bits per heavy atom. The molecular weight excluding hydrogens is 403 g/mol. The molecule has 0 fully saturated rings. The van der Waals surface area contributed by atoms with E-state index in [1.807, 2.05) is 30.3 Å². The molecule has 28 heavy (non-hydrogen) atoms. The van der Waals surface area contributed by atoms with Crippen molar-refractivity contribution in [3.63, 3.8) is 0 Å². The lowest BCUT2D eigenvalue weighted by molar-refractivity contribution is -0.157. The first kappa shape index (κ1) is 21.7. The molecule has 0 saturated heterocycles. The topological polar surface area (TPSA) is 75.7 Å². The number of halogens is 2. The van der Waals surface area contributed by atoms with Crippen LogP contribution in [0.1, 0.15) is 22.8 Å². The summed E-state index contributed by atoms with van der Waals surface area (Å²) in [6, 6.07) is 13.9. The van der Waals surface area contributed by atoms with Gasteiger partial charge in [0.2, 0.25) is 0 Å². The molecule has 6 nitrogen and oxygen atoms in total. The lowest BCUT2D eigenvalue weighted by atomic mass is 10.2. The Morgan fingerprint density at radius 1 is 1.11 bits per heavy atom. The van der Waals surface area contributed by atoms with Gasteiger partial charge in [0, 0.05) is 18.6 Å². The molecule has 0 aliphatic rings. The third-order valence-electron chi connectivity index (χ3n) is 3.86. The molecule has 1 atom stereocenters. The van der Waals surface area contributed by atoms with E-state index in [4.69, 9.17) is 27.9 Å². The molecular formula is C20H20Cl2N2O4. The number of carbonyl (C=O) groups excluding carboxylic acids is 3. The van der Waals surface area contributed by atoms with E-state index in [-0.39, 0.29) is 16.5 Å². The van der Waals surface area contributed by atoms with E-state index in [1.165, 1.54) is 30.0 Å². The van der Waals surface area contributed by atoms with Gasteiger partial charge in [0.05, 0.1) is 10.6 Å². The molecule has 0 heterocycles. The number of carbonyl (C=O) groups is 3. The van der Waals surface area contributed by atoms with Crippen molar-refractivity contribution in [1.82, 2.24) is 10.2 Å². The number of esters is 1. The van der Waals surface area contributed by atoms with Crippen LogP contribution >= 0.6 is 23.2 Å². The zero-order chi connectivity index (χ0) is 20.7. The molecule has 0 saturated carbocycles. The van der Waals surface area contributed by atoms with Crippen molar-refractivity contribution in [2.45, 2.75) is 19.6 Å². The summed E-state index contributed by atoms with van der Waals surface area (Å²) in [5.74, 6) is -1.62. The number of benzene rings is 2. The molecule has 0 radical (unpaired) electrons. The Balaban J connectivity index is 1.82. The first-order valence-electron chi connectivity index (χ1n) is 8.49. The number of rotatable bonds is 7. The van der Waals surface area contributed by atoms with E-state index < -0.39 is 24.5 Å². The van der Waals surface area contributed by atoms with Gasteiger partial charge in [-0.2, -0.15) is 0 Å². The summed E-state index contributed by atoms with van der Waals surface area (Å²) in [6.45, 7) is 1.49. The summed E-state index contributed by atoms with van der Waals surface area (Å²) in [6.07, 6.45) is -0.975. The van der Waals surface area contributed by atoms with Crippen LogP contribution in [-0.4, -0.2) is 42.4 Å². The Bertz CT molecular complexity index is 859. The fraction of sp³-hybridized carbons (Fsp3) is 0.250. The van der Waals surface area contributed by atoms with E-state index in [1.54, 1.807) is 7.05 Å². The van der Waals surface area contributed by atoms with E-state index in [0.717, 1.165) is 5.56 Å². The van der Waals surface area contributed by atoms with Gasteiger partial charge in [0.1, 0.15) is 6.54 Å². The zero-order valence-corrected chi connectivity index (χ0v) is 17.0. The van der Waals surface area contributed by atoms with E-state index in [2.05, 4.69) is 5.32 Å². The van der Waals surface area contributed by atoms with Crippen molar-refractivity contribution in [2.75, 3.05) is 13.6 Å². The quantitative estimate of drug-likeness (QED) is 0.694. The molecule has 8 heteroatoms. The van der Waals surface area contributed by atoms with Gasteiger partial charge in [-0.3, -0.25) is 14.4 Å². The fourth-order valence-electron chi connectivity index (χ4n) is 2.46. The molecule has 2 amide bonds. The smallest absolute Gasteiger partial charge is 0.326 e. The number of ether oxygens (including phenoxy) is 1. The molecule has 0 aromatic heterocycles. The maximum atomic E-state index is 12.4. The predicted molar refractivity (Wildman–Crippen MR) is 107 cm³/mol. The molecule has 0 bridgehead atoms. The lowest BCUT2D eigenvalue weighted by Crippen LogP contribution is -2.39. The van der Waals surface area contributed by atoms with Crippen molar-refractivity contribution in [3.8, 4) is 0 Å². The third kappa shape index (κ3) is 6.25. The second-order valence-electron chi connectivity index (χ2n) is 6.12. The maximum Gasteiger partial charge on any atom is 0.326 e. The summed E-state index contributed by atoms with van der Waals surface area (Å²) in [7, 11) is 1.63. The SMILES string of the molecule is CC(OC(=O)CNC(=O)c1ccc(Cl)cc1Cl)C(=O)N(C)Cc1ccccc1. The predicted octanol–water partition coefficient (Wildman–Crippen LogP) is 3.31. The first-order chi connectivity index (χ1) is 13.3. The molecule has 0 aliphatic heterocycles. The zero-order valence-electron chi connectivity index (χ0n) is 15.4.